The van der Waals surface area contributed by atoms with Crippen LogP contribution in [-0.2, 0) is 9.59 Å². The monoisotopic (exact) mass is 259 g/mol. The average molecular weight is 259 g/mol. The zero-order chi connectivity index (χ0) is 13.4. The summed E-state index contributed by atoms with van der Waals surface area (Å²) >= 11 is 0. The van der Waals surface area contributed by atoms with Gasteiger partial charge < -0.3 is 10.0 Å². The Hall–Kier alpha value is -1.84. The molecule has 1 saturated carbocycles. The Balaban J connectivity index is 2.00. The molecule has 0 unspecified atom stereocenters. The molecule has 1 amide bonds. The van der Waals surface area contributed by atoms with Gasteiger partial charge in [-0.05, 0) is 24.8 Å². The van der Waals surface area contributed by atoms with E-state index in [1.54, 1.807) is 0 Å². The van der Waals surface area contributed by atoms with Crippen molar-refractivity contribution in [1.29, 1.82) is 0 Å². The average Bonchev–Trinajstić information content (AvgIpc) is 3.23. The fraction of sp³-hybridized carbons (Fsp3) is 0.467. The van der Waals surface area contributed by atoms with Crippen molar-refractivity contribution in [3.05, 3.63) is 35.9 Å². The number of hydrogen-bond donors (Lipinski definition) is 1. The first-order valence-corrected chi connectivity index (χ1v) is 6.77. The molecule has 100 valence electrons. The third-order valence-corrected chi connectivity index (χ3v) is 4.04. The normalized spacial score (nSPS) is 27.4. The summed E-state index contributed by atoms with van der Waals surface area (Å²) in [5.74, 6) is -1.18. The largest absolute Gasteiger partial charge is 0.481 e. The Bertz CT molecular complexity index is 495. The summed E-state index contributed by atoms with van der Waals surface area (Å²) in [7, 11) is 0. The van der Waals surface area contributed by atoms with Crippen LogP contribution in [0.15, 0.2) is 30.3 Å². The van der Waals surface area contributed by atoms with E-state index >= 15 is 0 Å². The van der Waals surface area contributed by atoms with Gasteiger partial charge in [-0.2, -0.15) is 0 Å². The Morgan fingerprint density at radius 2 is 1.84 bits per heavy atom. The second-order valence-electron chi connectivity index (χ2n) is 5.37. The number of aliphatic carboxylic acids is 1. The van der Waals surface area contributed by atoms with Crippen molar-refractivity contribution in [2.45, 2.75) is 37.8 Å². The Labute approximate surface area is 112 Å². The van der Waals surface area contributed by atoms with E-state index in [2.05, 4.69) is 0 Å². The van der Waals surface area contributed by atoms with Crippen molar-refractivity contribution in [1.82, 2.24) is 4.90 Å². The lowest BCUT2D eigenvalue weighted by atomic mass is 9.84. The molecule has 1 saturated heterocycles. The number of carbonyl (C=O) groups excluding carboxylic acids is 1. The first-order valence-electron chi connectivity index (χ1n) is 6.77. The minimum absolute atomic E-state index is 0.105. The van der Waals surface area contributed by atoms with E-state index in [9.17, 15) is 14.7 Å². The zero-order valence-electron chi connectivity index (χ0n) is 10.7. The molecule has 1 aliphatic carbocycles. The number of benzene rings is 1. The van der Waals surface area contributed by atoms with Gasteiger partial charge in [-0.3, -0.25) is 9.59 Å². The number of piperidine rings is 1. The molecule has 4 heteroatoms. The van der Waals surface area contributed by atoms with E-state index < -0.39 is 11.9 Å². The number of carbonyl (C=O) groups is 2. The fourth-order valence-electron chi connectivity index (χ4n) is 3.00. The maximum Gasteiger partial charge on any atom is 0.308 e. The van der Waals surface area contributed by atoms with Crippen LogP contribution >= 0.6 is 0 Å². The minimum Gasteiger partial charge on any atom is -0.481 e. The third-order valence-electron chi connectivity index (χ3n) is 4.04. The number of rotatable bonds is 3. The van der Waals surface area contributed by atoms with Crippen LogP contribution in [0.25, 0.3) is 0 Å². The molecule has 1 aromatic carbocycles. The van der Waals surface area contributed by atoms with E-state index in [0.717, 1.165) is 18.4 Å². The first-order chi connectivity index (χ1) is 9.18. The Morgan fingerprint density at radius 3 is 2.42 bits per heavy atom. The van der Waals surface area contributed by atoms with E-state index in [-0.39, 0.29) is 18.0 Å². The van der Waals surface area contributed by atoms with E-state index in [1.165, 1.54) is 0 Å². The van der Waals surface area contributed by atoms with Crippen molar-refractivity contribution in [3.63, 3.8) is 0 Å². The van der Waals surface area contributed by atoms with E-state index in [1.807, 2.05) is 35.2 Å². The van der Waals surface area contributed by atoms with E-state index in [4.69, 9.17) is 0 Å². The topological polar surface area (TPSA) is 57.6 Å². The number of likely N-dealkylation sites (tertiary alicyclic amines) is 1. The lowest BCUT2D eigenvalue weighted by Crippen LogP contribution is -2.46. The smallest absolute Gasteiger partial charge is 0.308 e. The molecule has 0 radical (unpaired) electrons. The molecule has 1 heterocycles. The van der Waals surface area contributed by atoms with Crippen molar-refractivity contribution in [3.8, 4) is 0 Å². The minimum atomic E-state index is -0.799. The highest BCUT2D eigenvalue weighted by Crippen LogP contribution is 2.43. The highest BCUT2D eigenvalue weighted by Gasteiger charge is 2.46. The summed E-state index contributed by atoms with van der Waals surface area (Å²) in [4.78, 5) is 25.5. The molecule has 2 aliphatic rings. The zero-order valence-corrected chi connectivity index (χ0v) is 10.7. The van der Waals surface area contributed by atoms with Crippen molar-refractivity contribution < 1.29 is 14.7 Å². The quantitative estimate of drug-likeness (QED) is 0.905. The summed E-state index contributed by atoms with van der Waals surface area (Å²) in [6.45, 7) is 0. The van der Waals surface area contributed by atoms with Crippen molar-refractivity contribution in [2.75, 3.05) is 0 Å². The molecule has 1 aromatic rings. The third kappa shape index (κ3) is 2.23. The number of carboxylic acids is 1. The molecule has 19 heavy (non-hydrogen) atoms. The highest BCUT2D eigenvalue weighted by atomic mass is 16.4. The highest BCUT2D eigenvalue weighted by molar-refractivity contribution is 5.82. The van der Waals surface area contributed by atoms with Gasteiger partial charge in [0.15, 0.2) is 0 Å². The van der Waals surface area contributed by atoms with Crippen LogP contribution in [-0.4, -0.2) is 27.9 Å². The van der Waals surface area contributed by atoms with E-state index in [0.29, 0.717) is 12.8 Å². The van der Waals surface area contributed by atoms with Gasteiger partial charge in [0.05, 0.1) is 12.0 Å². The second kappa shape index (κ2) is 4.68. The fourth-order valence-corrected chi connectivity index (χ4v) is 3.00. The van der Waals surface area contributed by atoms with Gasteiger partial charge >= 0.3 is 5.97 Å². The summed E-state index contributed by atoms with van der Waals surface area (Å²) < 4.78 is 0. The van der Waals surface area contributed by atoms with Crippen molar-refractivity contribution >= 4 is 11.9 Å². The standard InChI is InChI=1S/C15H17NO3/c17-13-9-8-12(15(18)19)14(16(13)11-6-7-11)10-4-2-1-3-5-10/h1-5,11-12,14H,6-9H2,(H,18,19)/t12-,14-/m0/s1. The van der Waals surface area contributed by atoms with Gasteiger partial charge in [0.25, 0.3) is 0 Å². The summed E-state index contributed by atoms with van der Waals surface area (Å²) in [6, 6.07) is 9.51. The predicted molar refractivity (Wildman–Crippen MR) is 69.4 cm³/mol. The molecule has 2 fully saturated rings. The maximum absolute atomic E-state index is 12.2. The summed E-state index contributed by atoms with van der Waals surface area (Å²) in [6.07, 6.45) is 2.80. The summed E-state index contributed by atoms with van der Waals surface area (Å²) in [5, 5.41) is 9.44. The van der Waals surface area contributed by atoms with Crippen LogP contribution in [0.4, 0.5) is 0 Å². The van der Waals surface area contributed by atoms with Gasteiger partial charge in [0, 0.05) is 12.5 Å². The number of carboxylic acid groups (broad SMARTS) is 1. The predicted octanol–water partition coefficient (Wildman–Crippen LogP) is 2.21. The van der Waals surface area contributed by atoms with Crippen LogP contribution < -0.4 is 0 Å². The second-order valence-corrected chi connectivity index (χ2v) is 5.37. The van der Waals surface area contributed by atoms with Gasteiger partial charge in [-0.25, -0.2) is 0 Å². The van der Waals surface area contributed by atoms with Gasteiger partial charge in [0.2, 0.25) is 5.91 Å². The molecule has 0 bridgehead atoms. The molecular weight excluding hydrogens is 242 g/mol. The van der Waals surface area contributed by atoms with Gasteiger partial charge in [-0.1, -0.05) is 30.3 Å². The first kappa shape index (κ1) is 12.2. The molecule has 1 N–H and O–H groups in total. The van der Waals surface area contributed by atoms with Gasteiger partial charge in [0.1, 0.15) is 0 Å². The molecule has 4 nitrogen and oxygen atoms in total. The van der Waals surface area contributed by atoms with Crippen molar-refractivity contribution in [2.24, 2.45) is 5.92 Å². The van der Waals surface area contributed by atoms with Crippen LogP contribution in [0.5, 0.6) is 0 Å². The Kier molecular flexibility index (Phi) is 3.01. The molecule has 0 spiro atoms. The SMILES string of the molecule is O=C(O)[C@H]1CCC(=O)N(C2CC2)[C@H]1c1ccccc1. The van der Waals surface area contributed by atoms with Crippen LogP contribution in [0.1, 0.15) is 37.3 Å². The molecule has 1 aliphatic heterocycles. The molecule has 0 aromatic heterocycles. The van der Waals surface area contributed by atoms with Gasteiger partial charge in [-0.15, -0.1) is 0 Å². The molecular formula is C15H17NO3. The lowest BCUT2D eigenvalue weighted by Gasteiger charge is -2.40. The van der Waals surface area contributed by atoms with Crippen LogP contribution in [0, 0.1) is 5.92 Å². The lowest BCUT2D eigenvalue weighted by molar-refractivity contribution is -0.152. The van der Waals surface area contributed by atoms with Crippen LogP contribution in [0.3, 0.4) is 0 Å². The Morgan fingerprint density at radius 1 is 1.16 bits per heavy atom. The number of nitrogens with zero attached hydrogens (tertiary/aromatic N) is 1. The number of amides is 1. The summed E-state index contributed by atoms with van der Waals surface area (Å²) in [5.41, 5.74) is 0.940. The maximum atomic E-state index is 12.2. The molecule has 2 atom stereocenters. The van der Waals surface area contributed by atoms with Crippen LogP contribution in [0.2, 0.25) is 0 Å². The molecule has 3 rings (SSSR count). The number of hydrogen-bond acceptors (Lipinski definition) is 2.